The summed E-state index contributed by atoms with van der Waals surface area (Å²) < 4.78 is 8.01. The van der Waals surface area contributed by atoms with E-state index in [1.54, 1.807) is 6.20 Å². The zero-order valence-corrected chi connectivity index (χ0v) is 13.2. The van der Waals surface area contributed by atoms with Crippen LogP contribution in [0, 0.1) is 0 Å². The van der Waals surface area contributed by atoms with E-state index in [-0.39, 0.29) is 12.1 Å². The van der Waals surface area contributed by atoms with E-state index in [1.807, 2.05) is 30.5 Å². The number of ether oxygens (including phenoxy) is 1. The van der Waals surface area contributed by atoms with Crippen LogP contribution in [0.1, 0.15) is 29.7 Å². The summed E-state index contributed by atoms with van der Waals surface area (Å²) >= 11 is 6.89. The Balaban J connectivity index is 1.95. The summed E-state index contributed by atoms with van der Waals surface area (Å²) in [5, 5.41) is 0. The van der Waals surface area contributed by atoms with Crippen LogP contribution in [0.3, 0.4) is 0 Å². The minimum atomic E-state index is -0.0475. The Bertz CT molecular complexity index is 618. The van der Waals surface area contributed by atoms with Crippen LogP contribution in [0.5, 0.6) is 5.75 Å². The molecular formula is C14H12Br2N2O. The smallest absolute Gasteiger partial charge is 0.127 e. The third kappa shape index (κ3) is 2.68. The summed E-state index contributed by atoms with van der Waals surface area (Å²) in [7, 11) is 0. The van der Waals surface area contributed by atoms with Crippen molar-refractivity contribution in [1.29, 1.82) is 0 Å². The number of halogens is 2. The van der Waals surface area contributed by atoms with E-state index in [0.29, 0.717) is 0 Å². The molecule has 0 amide bonds. The average Bonchev–Trinajstić information content (AvgIpc) is 2.39. The molecule has 0 spiro atoms. The van der Waals surface area contributed by atoms with Gasteiger partial charge in [0.15, 0.2) is 0 Å². The molecule has 0 aliphatic carbocycles. The van der Waals surface area contributed by atoms with Crippen LogP contribution in [-0.2, 0) is 0 Å². The van der Waals surface area contributed by atoms with Crippen LogP contribution in [-0.4, -0.2) is 4.98 Å². The van der Waals surface area contributed by atoms with Gasteiger partial charge in [-0.1, -0.05) is 15.9 Å². The Kier molecular flexibility index (Phi) is 3.60. The van der Waals surface area contributed by atoms with Gasteiger partial charge in [-0.2, -0.15) is 0 Å². The lowest BCUT2D eigenvalue weighted by Crippen LogP contribution is -2.24. The van der Waals surface area contributed by atoms with E-state index in [1.165, 1.54) is 0 Å². The van der Waals surface area contributed by atoms with Crippen LogP contribution >= 0.6 is 31.9 Å². The number of hydrogen-bond acceptors (Lipinski definition) is 3. The molecule has 0 radical (unpaired) electrons. The lowest BCUT2D eigenvalue weighted by molar-refractivity contribution is 0.161. The zero-order valence-electron chi connectivity index (χ0n) is 10.0. The van der Waals surface area contributed by atoms with Gasteiger partial charge >= 0.3 is 0 Å². The van der Waals surface area contributed by atoms with Crippen LogP contribution in [0.25, 0.3) is 0 Å². The molecule has 1 aliphatic rings. The molecule has 19 heavy (non-hydrogen) atoms. The van der Waals surface area contributed by atoms with Crippen molar-refractivity contribution >= 4 is 31.9 Å². The predicted molar refractivity (Wildman–Crippen MR) is 81.0 cm³/mol. The fraction of sp³-hybridized carbons (Fsp3) is 0.214. The van der Waals surface area contributed by atoms with E-state index in [0.717, 1.165) is 32.2 Å². The second-order valence-corrected chi connectivity index (χ2v) is 6.40. The summed E-state index contributed by atoms with van der Waals surface area (Å²) in [5.74, 6) is 0.854. The second-order valence-electron chi connectivity index (χ2n) is 4.57. The number of rotatable bonds is 1. The normalized spacial score (nSPS) is 21.6. The van der Waals surface area contributed by atoms with E-state index < -0.39 is 0 Å². The summed E-state index contributed by atoms with van der Waals surface area (Å²) in [6, 6.07) is 7.94. The summed E-state index contributed by atoms with van der Waals surface area (Å²) in [6.07, 6.45) is 4.29. The summed E-state index contributed by atoms with van der Waals surface area (Å²) in [6.45, 7) is 0. The van der Waals surface area contributed by atoms with Crippen molar-refractivity contribution in [3.05, 3.63) is 56.7 Å². The molecule has 2 N–H and O–H groups in total. The van der Waals surface area contributed by atoms with E-state index in [4.69, 9.17) is 10.5 Å². The highest BCUT2D eigenvalue weighted by Crippen LogP contribution is 2.40. The minimum Gasteiger partial charge on any atom is -0.485 e. The van der Waals surface area contributed by atoms with Gasteiger partial charge in [0.25, 0.3) is 0 Å². The fourth-order valence-electron chi connectivity index (χ4n) is 2.28. The quantitative estimate of drug-likeness (QED) is 0.805. The highest BCUT2D eigenvalue weighted by Gasteiger charge is 2.27. The Labute approximate surface area is 128 Å². The SMILES string of the molecule is N[C@@H]1CC(c2cncc(Br)c2)Oc2ccc(Br)cc21. The van der Waals surface area contributed by atoms with Crippen molar-refractivity contribution in [3.63, 3.8) is 0 Å². The number of aromatic nitrogens is 1. The molecule has 2 atom stereocenters. The third-order valence-corrected chi connectivity index (χ3v) is 4.13. The van der Waals surface area contributed by atoms with Crippen molar-refractivity contribution in [2.45, 2.75) is 18.6 Å². The Hall–Kier alpha value is -0.910. The first-order valence-electron chi connectivity index (χ1n) is 5.95. The van der Waals surface area contributed by atoms with Gasteiger partial charge in [-0.25, -0.2) is 0 Å². The van der Waals surface area contributed by atoms with Gasteiger partial charge in [0.05, 0.1) is 0 Å². The van der Waals surface area contributed by atoms with Crippen LogP contribution < -0.4 is 10.5 Å². The first-order chi connectivity index (χ1) is 9.13. The molecule has 0 fully saturated rings. The molecule has 5 heteroatoms. The largest absolute Gasteiger partial charge is 0.485 e. The molecule has 98 valence electrons. The van der Waals surface area contributed by atoms with Crippen LogP contribution in [0.4, 0.5) is 0 Å². The molecule has 3 rings (SSSR count). The second kappa shape index (κ2) is 5.23. The van der Waals surface area contributed by atoms with Crippen molar-refractivity contribution in [1.82, 2.24) is 4.98 Å². The number of nitrogens with two attached hydrogens (primary N) is 1. The van der Waals surface area contributed by atoms with Crippen molar-refractivity contribution in [3.8, 4) is 5.75 Å². The highest BCUT2D eigenvalue weighted by molar-refractivity contribution is 9.10. The van der Waals surface area contributed by atoms with Gasteiger partial charge in [-0.3, -0.25) is 4.98 Å². The molecule has 0 saturated heterocycles. The Morgan fingerprint density at radius 2 is 2.00 bits per heavy atom. The number of pyridine rings is 1. The van der Waals surface area contributed by atoms with Gasteiger partial charge in [-0.15, -0.1) is 0 Å². The summed E-state index contributed by atoms with van der Waals surface area (Å²) in [4.78, 5) is 4.18. The maximum absolute atomic E-state index is 6.25. The molecule has 2 heterocycles. The highest BCUT2D eigenvalue weighted by atomic mass is 79.9. The topological polar surface area (TPSA) is 48.1 Å². The Morgan fingerprint density at radius 3 is 2.79 bits per heavy atom. The summed E-state index contributed by atoms with van der Waals surface area (Å²) in [5.41, 5.74) is 8.34. The molecule has 1 aromatic carbocycles. The molecule has 3 nitrogen and oxygen atoms in total. The van der Waals surface area contributed by atoms with Crippen LogP contribution in [0.2, 0.25) is 0 Å². The first kappa shape index (κ1) is 13.1. The molecule has 1 aliphatic heterocycles. The standard InChI is InChI=1S/C14H12Br2N2O/c15-9-1-2-13-11(4-9)12(17)5-14(19-13)8-3-10(16)7-18-6-8/h1-4,6-7,12,14H,5,17H2/t12-,14?/m1/s1. The lowest BCUT2D eigenvalue weighted by Gasteiger charge is -2.30. The lowest BCUT2D eigenvalue weighted by atomic mass is 9.94. The molecule has 0 saturated carbocycles. The third-order valence-electron chi connectivity index (χ3n) is 3.21. The van der Waals surface area contributed by atoms with Gasteiger partial charge in [0, 0.05) is 44.9 Å². The fourth-order valence-corrected chi connectivity index (χ4v) is 3.05. The van der Waals surface area contributed by atoms with E-state index in [9.17, 15) is 0 Å². The maximum Gasteiger partial charge on any atom is 0.127 e. The maximum atomic E-state index is 6.25. The number of hydrogen-bond donors (Lipinski definition) is 1. The molecule has 0 bridgehead atoms. The van der Waals surface area contributed by atoms with Crippen molar-refractivity contribution in [2.24, 2.45) is 5.73 Å². The van der Waals surface area contributed by atoms with Crippen molar-refractivity contribution < 1.29 is 4.74 Å². The van der Waals surface area contributed by atoms with Gasteiger partial charge < -0.3 is 10.5 Å². The van der Waals surface area contributed by atoms with Gasteiger partial charge in [0.2, 0.25) is 0 Å². The monoisotopic (exact) mass is 382 g/mol. The molecular weight excluding hydrogens is 372 g/mol. The zero-order chi connectivity index (χ0) is 13.4. The number of nitrogens with zero attached hydrogens (tertiary/aromatic N) is 1. The predicted octanol–water partition coefficient (Wildman–Crippen LogP) is 4.13. The molecule has 1 unspecified atom stereocenters. The van der Waals surface area contributed by atoms with Crippen LogP contribution in [0.15, 0.2) is 45.6 Å². The average molecular weight is 384 g/mol. The Morgan fingerprint density at radius 1 is 1.16 bits per heavy atom. The minimum absolute atomic E-state index is 0.0229. The van der Waals surface area contributed by atoms with E-state index in [2.05, 4.69) is 36.8 Å². The first-order valence-corrected chi connectivity index (χ1v) is 7.54. The molecule has 2 aromatic rings. The van der Waals surface area contributed by atoms with Gasteiger partial charge in [0.1, 0.15) is 11.9 Å². The number of benzene rings is 1. The van der Waals surface area contributed by atoms with Crippen molar-refractivity contribution in [2.75, 3.05) is 0 Å². The molecule has 1 aromatic heterocycles. The van der Waals surface area contributed by atoms with Gasteiger partial charge in [-0.05, 0) is 40.2 Å². The van der Waals surface area contributed by atoms with E-state index >= 15 is 0 Å². The number of fused-ring (bicyclic) bond motifs is 1.